The maximum absolute atomic E-state index is 15.6. The van der Waals surface area contributed by atoms with Gasteiger partial charge in [-0.2, -0.15) is 17.2 Å². The molecule has 492 valence electrons. The van der Waals surface area contributed by atoms with E-state index in [1.54, 1.807) is 20.1 Å². The van der Waals surface area contributed by atoms with Crippen LogP contribution in [0.3, 0.4) is 0 Å². The third kappa shape index (κ3) is 17.6. The van der Waals surface area contributed by atoms with Crippen LogP contribution in [-0.2, 0) is 66.5 Å². The lowest BCUT2D eigenvalue weighted by Crippen LogP contribution is -2.65. The van der Waals surface area contributed by atoms with Gasteiger partial charge in [-0.15, -0.1) is 0 Å². The van der Waals surface area contributed by atoms with E-state index in [-0.39, 0.29) is 88.3 Å². The van der Waals surface area contributed by atoms with E-state index in [4.69, 9.17) is 66.4 Å². The van der Waals surface area contributed by atoms with Gasteiger partial charge in [0.2, 0.25) is 5.78 Å². The number of alkyl carbamates (subject to hydrolysis) is 1. The maximum Gasteiger partial charge on any atom is 0.411 e. The second-order valence-electron chi connectivity index (χ2n) is 21.4. The number of aliphatic hydroxyl groups is 4. The van der Waals surface area contributed by atoms with Crippen LogP contribution >= 0.6 is 43.2 Å². The predicted octanol–water partition coefficient (Wildman–Crippen LogP) is 3.42. The molecule has 2 amide bonds. The first-order valence-electron chi connectivity index (χ1n) is 28.4. The summed E-state index contributed by atoms with van der Waals surface area (Å²) in [6.07, 6.45) is -11.7. The molecule has 4 heterocycles. The molecule has 7 rings (SSSR count). The van der Waals surface area contributed by atoms with Crippen molar-refractivity contribution in [1.29, 1.82) is 0 Å². The molecule has 1 aromatic rings. The van der Waals surface area contributed by atoms with Crippen LogP contribution in [0.5, 0.6) is 11.5 Å². The highest BCUT2D eigenvalue weighted by molar-refractivity contribution is 9.09. The highest BCUT2D eigenvalue weighted by Crippen LogP contribution is 2.44. The number of allylic oxidation sites excluding steroid dienone is 2. The summed E-state index contributed by atoms with van der Waals surface area (Å²) in [7, 11) is 10.8. The summed E-state index contributed by atoms with van der Waals surface area (Å²) in [6, 6.07) is 1.39. The molecule has 4 saturated heterocycles. The minimum absolute atomic E-state index is 0.0843. The van der Waals surface area contributed by atoms with Crippen molar-refractivity contribution in [1.82, 2.24) is 16.1 Å². The van der Waals surface area contributed by atoms with E-state index >= 15 is 4.79 Å². The molecule has 0 spiro atoms. The lowest BCUT2D eigenvalue weighted by molar-refractivity contribution is -0.336. The van der Waals surface area contributed by atoms with Gasteiger partial charge in [0.25, 0.3) is 5.91 Å². The number of anilines is 1. The fraction of sp³-hybridized carbons (Fsp3) is 0.627. The summed E-state index contributed by atoms with van der Waals surface area (Å²) in [5.74, 6) is 8.60. The number of amides is 2. The first-order chi connectivity index (χ1) is 42.5. The number of Topliss-reactive ketones (excluding diaryl/α,β-unsaturated/α-hetero) is 1. The zero-order valence-electron chi connectivity index (χ0n) is 51.4. The predicted molar refractivity (Wildman–Crippen MR) is 330 cm³/mol. The number of thioether (sulfide) groups is 1. The number of ketones is 1. The number of hydrogen-bond acceptors (Lipinski definition) is 28. The number of hydroxylamine groups is 1. The molecule has 6 aliphatic rings. The number of aliphatic hydroxyl groups excluding tert-OH is 3. The summed E-state index contributed by atoms with van der Waals surface area (Å²) in [6.45, 7) is 12.6. The highest BCUT2D eigenvalue weighted by atomic mass is 33.5. The average molecular weight is 1330 g/mol. The molecule has 2 bridgehead atoms. The largest absolute Gasteiger partial charge is 0.493 e. The Bertz CT molecular complexity index is 2890. The van der Waals surface area contributed by atoms with E-state index in [9.17, 15) is 34.8 Å². The Morgan fingerprint density at radius 2 is 1.56 bits per heavy atom. The molecule has 2 aliphatic carbocycles. The Morgan fingerprint density at radius 3 is 2.22 bits per heavy atom. The third-order valence-corrected chi connectivity index (χ3v) is 20.2. The molecule has 0 radical (unpaired) electrons. The van der Waals surface area contributed by atoms with Gasteiger partial charge >= 0.3 is 12.1 Å². The monoisotopic (exact) mass is 1320 g/mol. The van der Waals surface area contributed by atoms with Gasteiger partial charge in [-0.25, -0.2) is 9.59 Å². The van der Waals surface area contributed by atoms with E-state index in [1.807, 2.05) is 33.3 Å². The first-order valence-corrected chi connectivity index (χ1v) is 33.8. The number of benzene rings is 1. The van der Waals surface area contributed by atoms with Gasteiger partial charge in [0, 0.05) is 61.4 Å². The fourth-order valence-corrected chi connectivity index (χ4v) is 14.1. The van der Waals surface area contributed by atoms with E-state index in [0.29, 0.717) is 0 Å². The van der Waals surface area contributed by atoms with Gasteiger partial charge in [-0.1, -0.05) is 71.8 Å². The van der Waals surface area contributed by atoms with Crippen molar-refractivity contribution < 1.29 is 106 Å². The Morgan fingerprint density at radius 1 is 0.854 bits per heavy atom. The molecular formula is C59H80N4O22S4. The number of esters is 1. The van der Waals surface area contributed by atoms with Gasteiger partial charge < -0.3 is 92.6 Å². The lowest BCUT2D eigenvalue weighted by atomic mass is 9.73. The van der Waals surface area contributed by atoms with Crippen LogP contribution < -0.4 is 30.9 Å². The number of carbonyl (C=O) groups excluding carboxylic acids is 4. The second kappa shape index (κ2) is 33.3. The van der Waals surface area contributed by atoms with Crippen molar-refractivity contribution >= 4 is 72.6 Å². The Kier molecular flexibility index (Phi) is 26.9. The zero-order valence-corrected chi connectivity index (χ0v) is 54.6. The molecule has 16 unspecified atom stereocenters. The number of ether oxygens (including phenoxy) is 13. The van der Waals surface area contributed by atoms with Gasteiger partial charge in [-0.05, 0) is 55.3 Å². The van der Waals surface area contributed by atoms with E-state index < -0.39 is 134 Å². The molecule has 19 atom stereocenters. The zero-order chi connectivity index (χ0) is 64.9. The molecule has 8 N–H and O–H groups in total. The normalized spacial score (nSPS) is 34.4. The minimum Gasteiger partial charge on any atom is -0.493 e. The van der Waals surface area contributed by atoms with Crippen LogP contribution in [0.15, 0.2) is 59.5 Å². The number of hydrogen-bond donors (Lipinski definition) is 8. The second-order valence-corrected chi connectivity index (χ2v) is 26.8. The third-order valence-electron chi connectivity index (χ3n) is 15.2. The number of nitrogens with one attached hydrogen (secondary N) is 4. The summed E-state index contributed by atoms with van der Waals surface area (Å²) in [5.41, 5.74) is -0.949. The quantitative estimate of drug-likeness (QED) is 0.0132. The number of methoxy groups -OCH3 is 5. The molecule has 4 fully saturated rings. The molecule has 89 heavy (non-hydrogen) atoms. The molecular weight excluding hydrogens is 1240 g/mol. The van der Waals surface area contributed by atoms with E-state index in [1.165, 1.54) is 95.7 Å². The number of rotatable bonds is 25. The van der Waals surface area contributed by atoms with Crippen molar-refractivity contribution in [2.45, 2.75) is 175 Å². The fourth-order valence-electron chi connectivity index (χ4n) is 10.8. The van der Waals surface area contributed by atoms with Crippen molar-refractivity contribution in [2.24, 2.45) is 0 Å². The van der Waals surface area contributed by atoms with Crippen LogP contribution in [0.25, 0.3) is 0 Å². The average Bonchev–Trinajstić information content (AvgIpc) is 0.971. The van der Waals surface area contributed by atoms with Crippen LogP contribution in [0.1, 0.15) is 64.2 Å². The standard InChI is InChI=1S/C59H80N4O22S4/c1-28(2)60-36-27-77-43(25-39(36)73-8)83-52-50(66)47(63-85-45-24-37(64)53(86-12)31(5)79-45)29(3)80-57(52)82-38-18-16-14-15-17-20-59(71)34(19-21-88-89-87-13)46(38)48(62-58(70)76-11)51(67)54(59)84-44-26-42(49(65)30(4)78-44)81-56(69)33-22-40(74-9)41(75-10)23-35(33)61-55(68)32(6)72-7/h14-15,19,22-23,28-31,36-39,42-45,47,49-50,52-54,57,60,63-66,71H,6,21,24-27H2,1-5,7-13H3,(H,61,68)(H,62,70)/b15-14-,34-19+/t29?,30?,31?,36?,37?,38-,39?,42?,43?,44?,45?,47?,49?,50?,52?,53?,54+,57?,59+/m0/s1. The molecule has 26 nitrogen and oxygen atoms in total. The summed E-state index contributed by atoms with van der Waals surface area (Å²) in [5, 5.41) is 56.8. The molecule has 4 aliphatic heterocycles. The Hall–Kier alpha value is -4.62. The highest BCUT2D eigenvalue weighted by Gasteiger charge is 2.57. The molecule has 0 saturated carbocycles. The Labute approximate surface area is 533 Å². The topological polar surface area (TPSA) is 327 Å². The number of carbonyl (C=O) groups is 4. The van der Waals surface area contributed by atoms with Gasteiger partial charge in [0.15, 0.2) is 54.1 Å². The van der Waals surface area contributed by atoms with Crippen LogP contribution in [-0.4, -0.2) is 226 Å². The SMILES string of the molecule is C=C(OC)C(=O)Nc1cc(OC)c(OC)cc1C(=O)OC1CC(O[C@@H]2C(=O)C(NC(=O)OC)=C3/C(=C\CSSSC)[C@]2(O)C#C/C=C\C#C[C@@H]3OC2OC(C)C(NOC3CC(O)C(SC)C(C)O3)C(O)C2OC2CC(OC)C(NC(C)C)CO2)OC(C)C1O. The van der Waals surface area contributed by atoms with E-state index in [0.717, 1.165) is 7.11 Å². The van der Waals surface area contributed by atoms with E-state index in [2.05, 4.69) is 51.7 Å². The minimum atomic E-state index is -2.66. The van der Waals surface area contributed by atoms with Crippen molar-refractivity contribution in [3.63, 3.8) is 0 Å². The molecule has 1 aromatic carbocycles. The van der Waals surface area contributed by atoms with Gasteiger partial charge in [0.05, 0.1) is 99.8 Å². The van der Waals surface area contributed by atoms with Crippen LogP contribution in [0, 0.1) is 23.7 Å². The first kappa shape index (κ1) is 71.8. The smallest absolute Gasteiger partial charge is 0.411 e. The number of fused-ring (bicyclic) bond motifs is 2. The lowest BCUT2D eigenvalue weighted by Gasteiger charge is -2.47. The summed E-state index contributed by atoms with van der Waals surface area (Å²) >= 11 is 1.47. The van der Waals surface area contributed by atoms with Crippen LogP contribution in [0.2, 0.25) is 0 Å². The molecule has 30 heteroatoms. The van der Waals surface area contributed by atoms with Crippen molar-refractivity contribution in [3.05, 3.63) is 65.1 Å². The van der Waals surface area contributed by atoms with Crippen molar-refractivity contribution in [2.75, 3.05) is 65.7 Å². The summed E-state index contributed by atoms with van der Waals surface area (Å²) < 4.78 is 77.9. The van der Waals surface area contributed by atoms with Crippen molar-refractivity contribution in [3.8, 4) is 35.2 Å². The van der Waals surface area contributed by atoms with Crippen LogP contribution in [0.4, 0.5) is 10.5 Å². The van der Waals surface area contributed by atoms with Gasteiger partial charge in [-0.3, -0.25) is 19.7 Å². The Balaban J connectivity index is 1.27. The summed E-state index contributed by atoms with van der Waals surface area (Å²) in [4.78, 5) is 62.5. The van der Waals surface area contributed by atoms with Gasteiger partial charge in [0.1, 0.15) is 30.5 Å². The maximum atomic E-state index is 15.6. The molecule has 0 aromatic heterocycles.